The number of hydrogen-bond acceptors (Lipinski definition) is 6. The van der Waals surface area contributed by atoms with Crippen LogP contribution in [0.1, 0.15) is 19.8 Å². The average molecular weight is 355 g/mol. The summed E-state index contributed by atoms with van der Waals surface area (Å²) in [7, 11) is -3.69. The molecule has 2 aliphatic heterocycles. The van der Waals surface area contributed by atoms with E-state index in [1.165, 1.54) is 16.4 Å². The number of benzene rings is 1. The summed E-state index contributed by atoms with van der Waals surface area (Å²) in [5.41, 5.74) is 0. The number of hydrogen-bond donors (Lipinski definition) is 0. The molecule has 0 aromatic heterocycles. The minimum atomic E-state index is -3.69. The van der Waals surface area contributed by atoms with Crippen LogP contribution in [0.5, 0.6) is 11.5 Å². The van der Waals surface area contributed by atoms with E-state index < -0.39 is 15.9 Å². The van der Waals surface area contributed by atoms with Gasteiger partial charge in [-0.1, -0.05) is 0 Å². The lowest BCUT2D eigenvalue weighted by Crippen LogP contribution is -2.42. The van der Waals surface area contributed by atoms with E-state index >= 15 is 0 Å². The molecule has 0 bridgehead atoms. The van der Waals surface area contributed by atoms with Gasteiger partial charge in [-0.25, -0.2) is 8.42 Å². The van der Waals surface area contributed by atoms with Crippen molar-refractivity contribution in [2.75, 3.05) is 32.9 Å². The summed E-state index contributed by atoms with van der Waals surface area (Å²) in [5, 5.41) is 0. The number of nitrogens with zero attached hydrogens (tertiary/aromatic N) is 1. The van der Waals surface area contributed by atoms with Gasteiger partial charge in [-0.15, -0.1) is 0 Å². The van der Waals surface area contributed by atoms with E-state index in [2.05, 4.69) is 0 Å². The third-order valence-electron chi connectivity index (χ3n) is 4.16. The lowest BCUT2D eigenvalue weighted by molar-refractivity contribution is -0.149. The van der Waals surface area contributed by atoms with Crippen LogP contribution in [0.15, 0.2) is 23.1 Å². The topological polar surface area (TPSA) is 82.1 Å². The van der Waals surface area contributed by atoms with E-state index in [0.717, 1.165) is 0 Å². The summed E-state index contributed by atoms with van der Waals surface area (Å²) >= 11 is 0. The Labute approximate surface area is 141 Å². The summed E-state index contributed by atoms with van der Waals surface area (Å²) < 4.78 is 43.0. The van der Waals surface area contributed by atoms with Crippen LogP contribution in [0, 0.1) is 5.92 Å². The van der Waals surface area contributed by atoms with Crippen molar-refractivity contribution in [3.63, 3.8) is 0 Å². The van der Waals surface area contributed by atoms with Crippen molar-refractivity contribution < 1.29 is 27.4 Å². The Morgan fingerprint density at radius 3 is 2.79 bits per heavy atom. The van der Waals surface area contributed by atoms with Crippen molar-refractivity contribution in [3.8, 4) is 11.5 Å². The second kappa shape index (κ2) is 6.98. The summed E-state index contributed by atoms with van der Waals surface area (Å²) in [6, 6.07) is 4.60. The highest BCUT2D eigenvalue weighted by molar-refractivity contribution is 7.89. The Kier molecular flexibility index (Phi) is 4.96. The van der Waals surface area contributed by atoms with Gasteiger partial charge in [-0.2, -0.15) is 4.31 Å². The summed E-state index contributed by atoms with van der Waals surface area (Å²) in [6.45, 7) is 3.43. The first-order valence-electron chi connectivity index (χ1n) is 8.09. The van der Waals surface area contributed by atoms with E-state index in [-0.39, 0.29) is 17.4 Å². The molecule has 132 valence electrons. The number of rotatable bonds is 4. The van der Waals surface area contributed by atoms with Crippen molar-refractivity contribution >= 4 is 16.0 Å². The lowest BCUT2D eigenvalue weighted by Gasteiger charge is -2.31. The summed E-state index contributed by atoms with van der Waals surface area (Å²) in [4.78, 5) is 12.1. The Bertz CT molecular complexity index is 717. The monoisotopic (exact) mass is 355 g/mol. The molecule has 1 aromatic carbocycles. The maximum atomic E-state index is 12.9. The van der Waals surface area contributed by atoms with Crippen molar-refractivity contribution in [1.29, 1.82) is 0 Å². The van der Waals surface area contributed by atoms with Gasteiger partial charge in [0.15, 0.2) is 11.5 Å². The Hall–Kier alpha value is -1.80. The number of carbonyl (C=O) groups excluding carboxylic acids is 1. The van der Waals surface area contributed by atoms with Crippen LogP contribution in [-0.2, 0) is 19.6 Å². The third-order valence-corrected chi connectivity index (χ3v) is 6.02. The highest BCUT2D eigenvalue weighted by Gasteiger charge is 2.34. The van der Waals surface area contributed by atoms with E-state index in [1.54, 1.807) is 13.0 Å². The summed E-state index contributed by atoms with van der Waals surface area (Å²) in [6.07, 6.45) is 1.28. The van der Waals surface area contributed by atoms with E-state index in [9.17, 15) is 13.2 Å². The van der Waals surface area contributed by atoms with Gasteiger partial charge in [0, 0.05) is 19.2 Å². The zero-order valence-corrected chi connectivity index (χ0v) is 14.4. The van der Waals surface area contributed by atoms with Crippen molar-refractivity contribution in [2.24, 2.45) is 5.92 Å². The van der Waals surface area contributed by atoms with Gasteiger partial charge in [0.2, 0.25) is 10.0 Å². The highest BCUT2D eigenvalue weighted by atomic mass is 32.2. The molecule has 24 heavy (non-hydrogen) atoms. The number of sulfonamides is 1. The summed E-state index contributed by atoms with van der Waals surface area (Å²) in [5.74, 6) is 0.231. The van der Waals surface area contributed by atoms with Gasteiger partial charge in [0.05, 0.1) is 17.4 Å². The van der Waals surface area contributed by atoms with Crippen LogP contribution in [0.3, 0.4) is 0 Å². The van der Waals surface area contributed by atoms with Gasteiger partial charge in [-0.05, 0) is 31.9 Å². The van der Waals surface area contributed by atoms with Crippen molar-refractivity contribution in [3.05, 3.63) is 18.2 Å². The first kappa shape index (κ1) is 17.0. The minimum Gasteiger partial charge on any atom is -0.486 e. The largest absolute Gasteiger partial charge is 0.486 e. The van der Waals surface area contributed by atoms with Crippen LogP contribution < -0.4 is 9.47 Å². The van der Waals surface area contributed by atoms with Crippen LogP contribution in [0.25, 0.3) is 0 Å². The van der Waals surface area contributed by atoms with Crippen LogP contribution >= 0.6 is 0 Å². The number of carbonyl (C=O) groups is 1. The third kappa shape index (κ3) is 3.34. The molecule has 8 heteroatoms. The fourth-order valence-electron chi connectivity index (χ4n) is 2.95. The quantitative estimate of drug-likeness (QED) is 0.760. The molecule has 7 nitrogen and oxygen atoms in total. The predicted octanol–water partition coefficient (Wildman–Crippen LogP) is 1.42. The molecule has 0 spiro atoms. The highest BCUT2D eigenvalue weighted by Crippen LogP contribution is 2.34. The molecule has 0 radical (unpaired) electrons. The molecule has 3 rings (SSSR count). The molecular formula is C16H21NO6S. The molecule has 1 unspecified atom stereocenters. The fourth-order valence-corrected chi connectivity index (χ4v) is 4.49. The first-order chi connectivity index (χ1) is 11.5. The molecule has 0 N–H and O–H groups in total. The maximum Gasteiger partial charge on any atom is 0.310 e. The van der Waals surface area contributed by atoms with Crippen LogP contribution in [0.2, 0.25) is 0 Å². The smallest absolute Gasteiger partial charge is 0.310 e. The number of piperidine rings is 1. The molecule has 0 saturated carbocycles. The fraction of sp³-hybridized carbons (Fsp3) is 0.562. The number of esters is 1. The van der Waals surface area contributed by atoms with Crippen LogP contribution in [0.4, 0.5) is 0 Å². The second-order valence-corrected chi connectivity index (χ2v) is 7.70. The number of ether oxygens (including phenoxy) is 3. The van der Waals surface area contributed by atoms with E-state index in [4.69, 9.17) is 14.2 Å². The zero-order valence-electron chi connectivity index (χ0n) is 13.6. The Morgan fingerprint density at radius 2 is 2.04 bits per heavy atom. The SMILES string of the molecule is CCOC(=O)C1CCCN(S(=O)(=O)c2ccc3c(c2)OCCO3)C1. The second-order valence-electron chi connectivity index (χ2n) is 5.76. The molecule has 1 atom stereocenters. The minimum absolute atomic E-state index is 0.148. The van der Waals surface area contributed by atoms with Gasteiger partial charge >= 0.3 is 5.97 Å². The lowest BCUT2D eigenvalue weighted by atomic mass is 10.0. The molecule has 0 aliphatic carbocycles. The van der Waals surface area contributed by atoms with Gasteiger partial charge < -0.3 is 14.2 Å². The van der Waals surface area contributed by atoms with Crippen molar-refractivity contribution in [2.45, 2.75) is 24.7 Å². The molecule has 2 aliphatic rings. The number of fused-ring (bicyclic) bond motifs is 1. The van der Waals surface area contributed by atoms with Crippen molar-refractivity contribution in [1.82, 2.24) is 4.31 Å². The molecular weight excluding hydrogens is 334 g/mol. The van der Waals surface area contributed by atoms with E-state index in [0.29, 0.717) is 50.7 Å². The van der Waals surface area contributed by atoms with Gasteiger partial charge in [0.1, 0.15) is 13.2 Å². The maximum absolute atomic E-state index is 12.9. The van der Waals surface area contributed by atoms with Gasteiger partial charge in [-0.3, -0.25) is 4.79 Å². The standard InChI is InChI=1S/C16H21NO6S/c1-2-21-16(18)12-4-3-7-17(11-12)24(19,20)13-5-6-14-15(10-13)23-9-8-22-14/h5-6,10,12H,2-4,7-9,11H2,1H3. The first-order valence-corrected chi connectivity index (χ1v) is 9.53. The van der Waals surface area contributed by atoms with Crippen LogP contribution in [-0.4, -0.2) is 51.6 Å². The predicted molar refractivity (Wildman–Crippen MR) is 85.5 cm³/mol. The molecule has 1 aromatic rings. The normalized spacial score (nSPS) is 21.3. The zero-order chi connectivity index (χ0) is 17.2. The molecule has 1 saturated heterocycles. The van der Waals surface area contributed by atoms with E-state index in [1.807, 2.05) is 0 Å². The molecule has 1 fully saturated rings. The Balaban J connectivity index is 1.81. The molecule has 0 amide bonds. The average Bonchev–Trinajstić information content (AvgIpc) is 2.61. The Morgan fingerprint density at radius 1 is 1.29 bits per heavy atom. The molecule has 2 heterocycles. The van der Waals surface area contributed by atoms with Gasteiger partial charge in [0.25, 0.3) is 0 Å².